The minimum atomic E-state index is -0.132. The van der Waals surface area contributed by atoms with E-state index >= 15 is 0 Å². The molecule has 5 heterocycles. The van der Waals surface area contributed by atoms with Crippen molar-refractivity contribution in [3.05, 3.63) is 139 Å². The molecule has 7 nitrogen and oxygen atoms in total. The number of aromatic nitrogens is 4. The van der Waals surface area contributed by atoms with Crippen molar-refractivity contribution in [1.82, 2.24) is 19.5 Å². The largest absolute Gasteiger partial charge is 0.509 e. The van der Waals surface area contributed by atoms with Gasteiger partial charge in [-0.15, -0.1) is 48.1 Å². The first-order chi connectivity index (χ1) is 25.2. The van der Waals surface area contributed by atoms with Crippen LogP contribution in [0.2, 0.25) is 0 Å². The van der Waals surface area contributed by atoms with Crippen molar-refractivity contribution in [2.75, 3.05) is 9.80 Å². The van der Waals surface area contributed by atoms with Gasteiger partial charge in [0.2, 0.25) is 0 Å². The molecule has 4 aromatic heterocycles. The molecule has 0 atom stereocenters. The molecule has 0 spiro atoms. The molecule has 0 aliphatic carbocycles. The second-order valence-electron chi connectivity index (χ2n) is 16.9. The van der Waals surface area contributed by atoms with E-state index in [0.717, 1.165) is 50.5 Å². The number of para-hydroxylation sites is 1. The predicted molar refractivity (Wildman–Crippen MR) is 216 cm³/mol. The first kappa shape index (κ1) is 37.3. The zero-order chi connectivity index (χ0) is 37.3. The van der Waals surface area contributed by atoms with Crippen molar-refractivity contribution >= 4 is 44.7 Å². The Labute approximate surface area is 333 Å². The Balaban J connectivity index is 0.00000450. The van der Waals surface area contributed by atoms with E-state index < -0.39 is 0 Å². The van der Waals surface area contributed by atoms with Crippen LogP contribution in [0.3, 0.4) is 0 Å². The van der Waals surface area contributed by atoms with Gasteiger partial charge in [0.25, 0.3) is 0 Å². The van der Waals surface area contributed by atoms with Gasteiger partial charge in [0.05, 0.1) is 5.69 Å². The molecular formula is C46H45N6OPt-3. The molecule has 8 heteroatoms. The zero-order valence-corrected chi connectivity index (χ0v) is 34.6. The van der Waals surface area contributed by atoms with Crippen molar-refractivity contribution in [3.63, 3.8) is 0 Å². The van der Waals surface area contributed by atoms with Gasteiger partial charge in [-0.25, -0.2) is 9.97 Å². The van der Waals surface area contributed by atoms with Gasteiger partial charge in [0, 0.05) is 68.6 Å². The van der Waals surface area contributed by atoms with Crippen LogP contribution in [0.25, 0.3) is 27.6 Å². The van der Waals surface area contributed by atoms with Gasteiger partial charge in [-0.1, -0.05) is 86.0 Å². The second-order valence-corrected chi connectivity index (χ2v) is 16.9. The van der Waals surface area contributed by atoms with Crippen LogP contribution in [-0.4, -0.2) is 19.5 Å². The Morgan fingerprint density at radius 3 is 2.15 bits per heavy atom. The van der Waals surface area contributed by atoms with Crippen molar-refractivity contribution < 1.29 is 25.8 Å². The molecule has 0 fully saturated rings. The summed E-state index contributed by atoms with van der Waals surface area (Å²) in [7, 11) is 0. The van der Waals surface area contributed by atoms with Gasteiger partial charge in [-0.2, -0.15) is 12.1 Å². The van der Waals surface area contributed by atoms with Crippen LogP contribution >= 0.6 is 0 Å². The minimum absolute atomic E-state index is 0. The number of hydrogen-bond acceptors (Lipinski definition) is 6. The van der Waals surface area contributed by atoms with Gasteiger partial charge in [-0.05, 0) is 68.7 Å². The number of hydrogen-bond donors (Lipinski definition) is 0. The van der Waals surface area contributed by atoms with E-state index in [1.54, 1.807) is 0 Å². The van der Waals surface area contributed by atoms with E-state index in [4.69, 9.17) is 14.7 Å². The van der Waals surface area contributed by atoms with Crippen LogP contribution in [0.15, 0.2) is 104 Å². The van der Waals surface area contributed by atoms with Crippen molar-refractivity contribution in [1.29, 1.82) is 0 Å². The third-order valence-corrected chi connectivity index (χ3v) is 9.93. The molecule has 54 heavy (non-hydrogen) atoms. The summed E-state index contributed by atoms with van der Waals surface area (Å²) in [5, 5.41) is 2.23. The van der Waals surface area contributed by atoms with Gasteiger partial charge in [-0.3, -0.25) is 4.98 Å². The number of nitrogens with zero attached hydrogens (tertiary/aromatic N) is 6. The molecule has 0 N–H and O–H groups in total. The van der Waals surface area contributed by atoms with Crippen LogP contribution < -0.4 is 14.5 Å². The van der Waals surface area contributed by atoms with Crippen LogP contribution in [-0.2, 0) is 37.3 Å². The number of benzene rings is 3. The second kappa shape index (κ2) is 13.7. The van der Waals surface area contributed by atoms with Crippen LogP contribution in [0.5, 0.6) is 11.5 Å². The van der Waals surface area contributed by atoms with E-state index in [9.17, 15) is 0 Å². The summed E-state index contributed by atoms with van der Waals surface area (Å²) < 4.78 is 8.71. The topological polar surface area (TPSA) is 59.3 Å². The van der Waals surface area contributed by atoms with Crippen molar-refractivity contribution in [2.45, 2.75) is 78.6 Å². The van der Waals surface area contributed by atoms with Crippen molar-refractivity contribution in [2.24, 2.45) is 0 Å². The average molecular weight is 893 g/mol. The summed E-state index contributed by atoms with van der Waals surface area (Å²) >= 11 is 0. The van der Waals surface area contributed by atoms with E-state index in [-0.39, 0.29) is 37.3 Å². The molecule has 7 aromatic rings. The van der Waals surface area contributed by atoms with Crippen LogP contribution in [0.4, 0.5) is 22.9 Å². The number of rotatable bonds is 5. The molecule has 1 aliphatic rings. The normalized spacial score (nSPS) is 13.4. The molecule has 278 valence electrons. The molecule has 0 radical (unpaired) electrons. The summed E-state index contributed by atoms with van der Waals surface area (Å²) in [6.45, 7) is 22.1. The Morgan fingerprint density at radius 1 is 0.630 bits per heavy atom. The molecule has 0 saturated carbocycles. The third-order valence-electron chi connectivity index (χ3n) is 9.93. The molecule has 3 aromatic carbocycles. The van der Waals surface area contributed by atoms with Crippen LogP contribution in [0, 0.1) is 18.8 Å². The fraction of sp³-hybridized carbons (Fsp3) is 0.261. The maximum absolute atomic E-state index is 6.53. The fourth-order valence-electron chi connectivity index (χ4n) is 6.91. The SMILES string of the molecule is CC(C)(C)c1ccnc(-n2c3[c-]c(Oc4[c-]c(N5[CH-]N(c6ncc(C(C)(C)C)cc6C(C)(C)C)c6ccncc65)ccc4)ccc3c3ccccc32)c1.[Pt]. The number of anilines is 4. The summed E-state index contributed by atoms with van der Waals surface area (Å²) in [4.78, 5) is 18.7. The quantitative estimate of drug-likeness (QED) is 0.160. The Hall–Kier alpha value is -5.00. The molecule has 8 rings (SSSR count). The van der Waals surface area contributed by atoms with Crippen molar-refractivity contribution in [3.8, 4) is 17.3 Å². The molecule has 0 bridgehead atoms. The first-order valence-electron chi connectivity index (χ1n) is 18.2. The summed E-state index contributed by atoms with van der Waals surface area (Å²) in [6.07, 6.45) is 7.61. The average Bonchev–Trinajstić information content (AvgIpc) is 3.66. The summed E-state index contributed by atoms with van der Waals surface area (Å²) in [5.41, 5.74) is 8.16. The maximum Gasteiger partial charge on any atom is 0.135 e. The van der Waals surface area contributed by atoms with E-state index in [0.29, 0.717) is 11.5 Å². The van der Waals surface area contributed by atoms with Crippen LogP contribution in [0.1, 0.15) is 79.0 Å². The number of ether oxygens (including phenoxy) is 1. The smallest absolute Gasteiger partial charge is 0.135 e. The molecule has 0 unspecified atom stereocenters. The monoisotopic (exact) mass is 892 g/mol. The predicted octanol–water partition coefficient (Wildman–Crippen LogP) is 11.7. The summed E-state index contributed by atoms with van der Waals surface area (Å²) in [5.74, 6) is 2.92. The zero-order valence-electron chi connectivity index (χ0n) is 32.3. The Morgan fingerprint density at radius 2 is 1.39 bits per heavy atom. The van der Waals surface area contributed by atoms with E-state index in [2.05, 4.69) is 149 Å². The third kappa shape index (κ3) is 6.79. The summed E-state index contributed by atoms with van der Waals surface area (Å²) in [6, 6.07) is 34.2. The van der Waals surface area contributed by atoms with E-state index in [1.165, 1.54) is 16.7 Å². The maximum atomic E-state index is 6.53. The molecule has 0 amide bonds. The Bertz CT molecular complexity index is 2500. The molecule has 0 saturated heterocycles. The molecule has 1 aliphatic heterocycles. The van der Waals surface area contributed by atoms with E-state index in [1.807, 2.05) is 55.1 Å². The first-order valence-corrected chi connectivity index (χ1v) is 18.2. The van der Waals surface area contributed by atoms with Gasteiger partial charge < -0.3 is 19.1 Å². The van der Waals surface area contributed by atoms with Gasteiger partial charge in [0.1, 0.15) is 11.6 Å². The fourth-order valence-corrected chi connectivity index (χ4v) is 6.91. The number of fused-ring (bicyclic) bond motifs is 4. The standard InChI is InChI=1S/C46H45N6O.Pt/c1-44(2,3)30-19-22-48-42(24-30)52-38-16-11-10-15-35(38)36-18-17-34(26-40(36)52)53-33-14-12-13-32(25-33)50-29-51(39-20-21-47-28-41(39)50)43-37(46(7,8)9)23-31(27-49-43)45(4,5)6;/h10-24,27-29H,1-9H3;/q-3;. The minimum Gasteiger partial charge on any atom is -0.509 e. The Kier molecular flexibility index (Phi) is 9.46. The molecular weight excluding hydrogens is 848 g/mol. The number of pyridine rings is 3. The van der Waals surface area contributed by atoms with Gasteiger partial charge >= 0.3 is 0 Å². The van der Waals surface area contributed by atoms with Gasteiger partial charge in [0.15, 0.2) is 0 Å².